The number of nitrogens with one attached hydrogen (secondary N) is 1. The maximum Gasteiger partial charge on any atom is 0.416 e. The molecule has 0 unspecified atom stereocenters. The first-order valence-corrected chi connectivity index (χ1v) is 13.6. The molecule has 11 heteroatoms. The highest BCUT2D eigenvalue weighted by Gasteiger charge is 2.54. The van der Waals surface area contributed by atoms with Crippen LogP contribution in [0.25, 0.3) is 0 Å². The van der Waals surface area contributed by atoms with Gasteiger partial charge < -0.3 is 24.8 Å². The highest BCUT2D eigenvalue weighted by Crippen LogP contribution is 2.40. The zero-order chi connectivity index (χ0) is 29.9. The summed E-state index contributed by atoms with van der Waals surface area (Å²) in [4.78, 5) is 45.3. The van der Waals surface area contributed by atoms with Crippen LogP contribution < -0.4 is 15.0 Å². The van der Waals surface area contributed by atoms with E-state index in [1.54, 1.807) is 29.2 Å². The number of benzene rings is 3. The molecule has 2 aliphatic heterocycles. The van der Waals surface area contributed by atoms with Gasteiger partial charge in [0, 0.05) is 25.3 Å². The lowest BCUT2D eigenvalue weighted by molar-refractivity contribution is -0.138. The summed E-state index contributed by atoms with van der Waals surface area (Å²) in [5, 5.41) is 2.64. The lowest BCUT2D eigenvalue weighted by Gasteiger charge is -2.43. The molecule has 2 aliphatic rings. The van der Waals surface area contributed by atoms with Gasteiger partial charge in [0.05, 0.1) is 24.9 Å². The Labute approximate surface area is 241 Å². The number of anilines is 1. The van der Waals surface area contributed by atoms with E-state index in [0.29, 0.717) is 42.8 Å². The molecule has 0 saturated carbocycles. The average molecular weight is 581 g/mol. The van der Waals surface area contributed by atoms with Gasteiger partial charge in [-0.05, 0) is 54.8 Å². The monoisotopic (exact) mass is 580 g/mol. The first kappa shape index (κ1) is 29.0. The summed E-state index contributed by atoms with van der Waals surface area (Å²) in [6, 6.07) is 21.2. The van der Waals surface area contributed by atoms with Gasteiger partial charge in [-0.2, -0.15) is 13.2 Å². The number of ether oxygens (including phenoxy) is 1. The van der Waals surface area contributed by atoms with Gasteiger partial charge >= 0.3 is 6.18 Å². The highest BCUT2D eigenvalue weighted by atomic mass is 19.4. The molecule has 2 fully saturated rings. The second-order valence-electron chi connectivity index (χ2n) is 10.4. The Hall–Kier alpha value is -4.54. The number of hydrogen-bond donors (Lipinski definition) is 1. The molecule has 0 atom stereocenters. The molecule has 3 aromatic carbocycles. The van der Waals surface area contributed by atoms with Crippen LogP contribution in [0.2, 0.25) is 0 Å². The lowest BCUT2D eigenvalue weighted by atomic mass is 9.85. The summed E-state index contributed by atoms with van der Waals surface area (Å²) in [5.41, 5.74) is -0.157. The fourth-order valence-corrected chi connectivity index (χ4v) is 5.68. The van der Waals surface area contributed by atoms with Crippen molar-refractivity contribution in [3.63, 3.8) is 0 Å². The van der Waals surface area contributed by atoms with Crippen molar-refractivity contribution < 1.29 is 32.3 Å². The van der Waals surface area contributed by atoms with Crippen LogP contribution in [0.4, 0.5) is 18.9 Å². The van der Waals surface area contributed by atoms with E-state index in [-0.39, 0.29) is 31.6 Å². The van der Waals surface area contributed by atoms with E-state index in [2.05, 4.69) is 5.32 Å². The minimum absolute atomic E-state index is 0.0989. The second-order valence-corrected chi connectivity index (χ2v) is 10.4. The number of rotatable bonds is 7. The van der Waals surface area contributed by atoms with Crippen molar-refractivity contribution >= 4 is 23.4 Å². The molecule has 0 radical (unpaired) electrons. The van der Waals surface area contributed by atoms with Crippen LogP contribution in [-0.4, -0.2) is 66.5 Å². The van der Waals surface area contributed by atoms with Crippen LogP contribution in [-0.2, 0) is 22.3 Å². The molecular weight excluding hydrogens is 549 g/mol. The molecule has 1 N–H and O–H groups in total. The van der Waals surface area contributed by atoms with Gasteiger partial charge in [-0.3, -0.25) is 14.4 Å². The number of halogens is 3. The van der Waals surface area contributed by atoms with Gasteiger partial charge in [-0.1, -0.05) is 42.5 Å². The summed E-state index contributed by atoms with van der Waals surface area (Å²) in [6.07, 6.45) is -3.75. The van der Waals surface area contributed by atoms with E-state index < -0.39 is 23.2 Å². The number of carbonyl (C=O) groups excluding carboxylic acids is 3. The van der Waals surface area contributed by atoms with Gasteiger partial charge in [-0.25, -0.2) is 0 Å². The van der Waals surface area contributed by atoms with Crippen molar-refractivity contribution in [3.05, 3.63) is 95.6 Å². The Morgan fingerprint density at radius 1 is 0.952 bits per heavy atom. The Morgan fingerprint density at radius 3 is 2.33 bits per heavy atom. The number of alkyl halides is 3. The summed E-state index contributed by atoms with van der Waals surface area (Å²) < 4.78 is 44.5. The number of nitrogens with zero attached hydrogens (tertiary/aromatic N) is 3. The number of para-hydroxylation sites is 2. The SMILES string of the molecule is COc1ccccc1C(=O)N1CCC2(CC1)C(=O)N(CC(=O)NCc1cccc(C(F)(F)F)c1)CN2c1ccccc1. The average Bonchev–Trinajstić information content (AvgIpc) is 3.26. The van der Waals surface area contributed by atoms with Crippen LogP contribution in [0, 0.1) is 0 Å². The standard InChI is InChI=1S/C31H31F3N4O4/c1-42-26-13-6-5-12-25(26)28(40)36-16-14-30(15-17-36)29(41)37(21-38(30)24-10-3-2-4-11-24)20-27(39)35-19-22-8-7-9-23(18-22)31(32,33)34/h2-13,18H,14-17,19-21H2,1H3,(H,35,39). The van der Waals surface area contributed by atoms with Crippen LogP contribution in [0.15, 0.2) is 78.9 Å². The summed E-state index contributed by atoms with van der Waals surface area (Å²) in [7, 11) is 1.51. The first-order chi connectivity index (χ1) is 20.1. The van der Waals surface area contributed by atoms with Crippen molar-refractivity contribution in [1.82, 2.24) is 15.1 Å². The molecule has 2 saturated heterocycles. The highest BCUT2D eigenvalue weighted by molar-refractivity contribution is 5.99. The van der Waals surface area contributed by atoms with Crippen LogP contribution in [0.5, 0.6) is 5.75 Å². The number of hydrogen-bond acceptors (Lipinski definition) is 5. The van der Waals surface area contributed by atoms with E-state index in [0.717, 1.165) is 17.8 Å². The smallest absolute Gasteiger partial charge is 0.416 e. The van der Waals surface area contributed by atoms with Crippen molar-refractivity contribution in [2.45, 2.75) is 31.1 Å². The number of methoxy groups -OCH3 is 1. The van der Waals surface area contributed by atoms with Crippen molar-refractivity contribution in [2.24, 2.45) is 0 Å². The Kier molecular flexibility index (Phi) is 8.11. The normalized spacial score (nSPS) is 16.6. The van der Waals surface area contributed by atoms with E-state index in [1.165, 1.54) is 24.1 Å². The number of carbonyl (C=O) groups is 3. The molecule has 0 bridgehead atoms. The molecule has 3 aromatic rings. The molecule has 0 aromatic heterocycles. The van der Waals surface area contributed by atoms with Crippen molar-refractivity contribution in [2.75, 3.05) is 38.3 Å². The van der Waals surface area contributed by atoms with Crippen LogP contribution in [0.1, 0.15) is 34.3 Å². The quantitative estimate of drug-likeness (QED) is 0.451. The van der Waals surface area contributed by atoms with Gasteiger partial charge in [-0.15, -0.1) is 0 Å². The Balaban J connectivity index is 1.29. The maximum absolute atomic E-state index is 13.9. The van der Waals surface area contributed by atoms with Crippen molar-refractivity contribution in [3.8, 4) is 5.75 Å². The third-order valence-corrected chi connectivity index (χ3v) is 7.88. The summed E-state index contributed by atoms with van der Waals surface area (Å²) in [5.74, 6) is -0.391. The third kappa shape index (κ3) is 5.77. The molecule has 0 aliphatic carbocycles. The summed E-state index contributed by atoms with van der Waals surface area (Å²) in [6.45, 7) is 0.494. The fourth-order valence-electron chi connectivity index (χ4n) is 5.68. The predicted octanol–water partition coefficient (Wildman–Crippen LogP) is 4.31. The zero-order valence-electron chi connectivity index (χ0n) is 23.1. The van der Waals surface area contributed by atoms with Gasteiger partial charge in [0.2, 0.25) is 5.91 Å². The molecule has 220 valence electrons. The van der Waals surface area contributed by atoms with E-state index in [4.69, 9.17) is 4.74 Å². The molecule has 2 heterocycles. The minimum Gasteiger partial charge on any atom is -0.496 e. The topological polar surface area (TPSA) is 82.2 Å². The first-order valence-electron chi connectivity index (χ1n) is 13.6. The molecule has 8 nitrogen and oxygen atoms in total. The number of piperidine rings is 1. The Bertz CT molecular complexity index is 1460. The van der Waals surface area contributed by atoms with Crippen molar-refractivity contribution in [1.29, 1.82) is 0 Å². The maximum atomic E-state index is 13.9. The van der Waals surface area contributed by atoms with E-state index in [1.807, 2.05) is 35.2 Å². The molecule has 42 heavy (non-hydrogen) atoms. The van der Waals surface area contributed by atoms with Gasteiger partial charge in [0.25, 0.3) is 11.8 Å². The predicted molar refractivity (Wildman–Crippen MR) is 150 cm³/mol. The van der Waals surface area contributed by atoms with Crippen LogP contribution >= 0.6 is 0 Å². The Morgan fingerprint density at radius 2 is 1.64 bits per heavy atom. The molecular formula is C31H31F3N4O4. The zero-order valence-corrected chi connectivity index (χ0v) is 23.1. The molecule has 5 rings (SSSR count). The summed E-state index contributed by atoms with van der Waals surface area (Å²) >= 11 is 0. The number of likely N-dealkylation sites (tertiary alicyclic amines) is 1. The second kappa shape index (κ2) is 11.8. The third-order valence-electron chi connectivity index (χ3n) is 7.88. The van der Waals surface area contributed by atoms with E-state index >= 15 is 0 Å². The largest absolute Gasteiger partial charge is 0.496 e. The fraction of sp³-hybridized carbons (Fsp3) is 0.323. The minimum atomic E-state index is -4.48. The van der Waals surface area contributed by atoms with Gasteiger partial charge in [0.1, 0.15) is 17.8 Å². The lowest BCUT2D eigenvalue weighted by Crippen LogP contribution is -2.57. The van der Waals surface area contributed by atoms with E-state index in [9.17, 15) is 27.6 Å². The van der Waals surface area contributed by atoms with Gasteiger partial charge in [0.15, 0.2) is 0 Å². The molecule has 3 amide bonds. The molecule has 1 spiro atoms. The number of amides is 3. The van der Waals surface area contributed by atoms with Crippen LogP contribution in [0.3, 0.4) is 0 Å².